The van der Waals surface area contributed by atoms with Crippen molar-refractivity contribution in [2.24, 2.45) is 0 Å². The number of fused-ring (bicyclic) bond motifs is 1. The lowest BCUT2D eigenvalue weighted by Crippen LogP contribution is -2.01. The molecular formula is C19H25ClO2. The zero-order chi connectivity index (χ0) is 15.8. The van der Waals surface area contributed by atoms with E-state index in [0.29, 0.717) is 6.61 Å². The summed E-state index contributed by atoms with van der Waals surface area (Å²) < 4.78 is 11.6. The van der Waals surface area contributed by atoms with Crippen molar-refractivity contribution in [3.8, 4) is 11.5 Å². The minimum Gasteiger partial charge on any atom is -0.494 e. The van der Waals surface area contributed by atoms with Crippen LogP contribution in [0.4, 0.5) is 0 Å². The molecule has 2 nitrogen and oxygen atoms in total. The number of alkyl halides is 1. The molecule has 0 heterocycles. The summed E-state index contributed by atoms with van der Waals surface area (Å²) in [4.78, 5) is 0. The van der Waals surface area contributed by atoms with Crippen molar-refractivity contribution in [2.45, 2.75) is 39.5 Å². The zero-order valence-electron chi connectivity index (χ0n) is 13.5. The normalized spacial score (nSPS) is 10.9. The van der Waals surface area contributed by atoms with Crippen LogP contribution in [0.5, 0.6) is 11.5 Å². The van der Waals surface area contributed by atoms with Crippen LogP contribution in [0, 0.1) is 0 Å². The number of benzene rings is 2. The van der Waals surface area contributed by atoms with Gasteiger partial charge in [-0.2, -0.15) is 0 Å². The van der Waals surface area contributed by atoms with Gasteiger partial charge in [-0.15, -0.1) is 11.6 Å². The third kappa shape index (κ3) is 4.30. The molecule has 2 aromatic rings. The molecule has 0 radical (unpaired) electrons. The summed E-state index contributed by atoms with van der Waals surface area (Å²) in [7, 11) is 0. The standard InChI is InChI=1S/C19H25ClO2/c1-3-17-18-10-9-16(21-4-2)14-15(18)8-11-19(17)22-13-7-5-6-12-20/h8-11,14H,3-7,12-13H2,1-2H3. The first-order chi connectivity index (χ1) is 10.8. The van der Waals surface area contributed by atoms with Crippen molar-refractivity contribution in [3.63, 3.8) is 0 Å². The maximum atomic E-state index is 5.99. The molecular weight excluding hydrogens is 296 g/mol. The molecule has 0 aliphatic heterocycles. The second kappa shape index (κ2) is 8.89. The molecule has 0 fully saturated rings. The molecule has 0 aliphatic carbocycles. The molecule has 0 saturated heterocycles. The number of rotatable bonds is 9. The first-order valence-corrected chi connectivity index (χ1v) is 8.70. The third-order valence-corrected chi connectivity index (χ3v) is 4.03. The Hall–Kier alpha value is -1.41. The predicted molar refractivity (Wildman–Crippen MR) is 94.6 cm³/mol. The average Bonchev–Trinajstić information content (AvgIpc) is 2.54. The Balaban J connectivity index is 2.15. The molecule has 0 N–H and O–H groups in total. The van der Waals surface area contributed by atoms with Crippen LogP contribution in [0.1, 0.15) is 38.7 Å². The number of unbranched alkanes of at least 4 members (excludes halogenated alkanes) is 2. The van der Waals surface area contributed by atoms with E-state index in [9.17, 15) is 0 Å². The fourth-order valence-electron chi connectivity index (χ4n) is 2.66. The monoisotopic (exact) mass is 320 g/mol. The Bertz CT molecular complexity index is 595. The number of hydrogen-bond acceptors (Lipinski definition) is 2. The van der Waals surface area contributed by atoms with E-state index in [2.05, 4.69) is 31.2 Å². The molecule has 0 unspecified atom stereocenters. The maximum Gasteiger partial charge on any atom is 0.123 e. The Morgan fingerprint density at radius 1 is 0.955 bits per heavy atom. The van der Waals surface area contributed by atoms with E-state index in [0.717, 1.165) is 49.7 Å². The highest BCUT2D eigenvalue weighted by Crippen LogP contribution is 2.31. The molecule has 0 aromatic heterocycles. The van der Waals surface area contributed by atoms with E-state index in [4.69, 9.17) is 21.1 Å². The van der Waals surface area contributed by atoms with E-state index in [-0.39, 0.29) is 0 Å². The average molecular weight is 321 g/mol. The summed E-state index contributed by atoms with van der Waals surface area (Å²) in [6, 6.07) is 10.5. The lowest BCUT2D eigenvalue weighted by Gasteiger charge is -2.14. The van der Waals surface area contributed by atoms with Crippen molar-refractivity contribution in [2.75, 3.05) is 19.1 Å². The minimum absolute atomic E-state index is 0.690. The number of ether oxygens (including phenoxy) is 2. The summed E-state index contributed by atoms with van der Waals surface area (Å²) in [5.41, 5.74) is 1.28. The molecule has 2 aromatic carbocycles. The quantitative estimate of drug-likeness (QED) is 0.443. The van der Waals surface area contributed by atoms with Gasteiger partial charge in [-0.25, -0.2) is 0 Å². The Kier molecular flexibility index (Phi) is 6.85. The van der Waals surface area contributed by atoms with E-state index in [1.807, 2.05) is 13.0 Å². The van der Waals surface area contributed by atoms with Crippen LogP contribution >= 0.6 is 11.6 Å². The van der Waals surface area contributed by atoms with Crippen molar-refractivity contribution < 1.29 is 9.47 Å². The van der Waals surface area contributed by atoms with Crippen molar-refractivity contribution in [3.05, 3.63) is 35.9 Å². The van der Waals surface area contributed by atoms with Gasteiger partial charge >= 0.3 is 0 Å². The Labute approximate surface area is 138 Å². The molecule has 0 saturated carbocycles. The molecule has 0 aliphatic rings. The smallest absolute Gasteiger partial charge is 0.123 e. The first kappa shape index (κ1) is 17.0. The molecule has 2 rings (SSSR count). The van der Waals surface area contributed by atoms with Gasteiger partial charge in [0.05, 0.1) is 13.2 Å². The van der Waals surface area contributed by atoms with Gasteiger partial charge in [-0.05, 0) is 61.6 Å². The highest BCUT2D eigenvalue weighted by molar-refractivity contribution is 6.17. The maximum absolute atomic E-state index is 5.99. The van der Waals surface area contributed by atoms with Gasteiger partial charge in [0.25, 0.3) is 0 Å². The number of hydrogen-bond donors (Lipinski definition) is 0. The van der Waals surface area contributed by atoms with Crippen LogP contribution in [0.25, 0.3) is 10.8 Å². The zero-order valence-corrected chi connectivity index (χ0v) is 14.3. The van der Waals surface area contributed by atoms with Crippen LogP contribution < -0.4 is 9.47 Å². The second-order valence-corrected chi connectivity index (χ2v) is 5.69. The largest absolute Gasteiger partial charge is 0.494 e. The van der Waals surface area contributed by atoms with Gasteiger partial charge in [0, 0.05) is 11.4 Å². The van der Waals surface area contributed by atoms with Crippen LogP contribution in [0.15, 0.2) is 30.3 Å². The van der Waals surface area contributed by atoms with Gasteiger partial charge in [-0.1, -0.05) is 19.1 Å². The molecule has 0 amide bonds. The summed E-state index contributed by atoms with van der Waals surface area (Å²) in [6.07, 6.45) is 4.19. The van der Waals surface area contributed by atoms with Gasteiger partial charge in [0.15, 0.2) is 0 Å². The second-order valence-electron chi connectivity index (χ2n) is 5.31. The van der Waals surface area contributed by atoms with E-state index >= 15 is 0 Å². The lowest BCUT2D eigenvalue weighted by molar-refractivity contribution is 0.304. The molecule has 0 spiro atoms. The van der Waals surface area contributed by atoms with Crippen LogP contribution in [0.3, 0.4) is 0 Å². The van der Waals surface area contributed by atoms with E-state index in [1.54, 1.807) is 0 Å². The molecule has 22 heavy (non-hydrogen) atoms. The predicted octanol–water partition coefficient (Wildman–Crippen LogP) is 5.59. The summed E-state index contributed by atoms with van der Waals surface area (Å²) in [5.74, 6) is 2.66. The Morgan fingerprint density at radius 2 is 1.82 bits per heavy atom. The van der Waals surface area contributed by atoms with Crippen molar-refractivity contribution in [1.82, 2.24) is 0 Å². The van der Waals surface area contributed by atoms with Gasteiger partial charge < -0.3 is 9.47 Å². The number of halogens is 1. The fourth-order valence-corrected chi connectivity index (χ4v) is 2.85. The van der Waals surface area contributed by atoms with Crippen LogP contribution in [-0.4, -0.2) is 19.1 Å². The third-order valence-electron chi connectivity index (χ3n) is 3.76. The van der Waals surface area contributed by atoms with Gasteiger partial charge in [-0.3, -0.25) is 0 Å². The van der Waals surface area contributed by atoms with Gasteiger partial charge in [0.2, 0.25) is 0 Å². The SMILES string of the molecule is CCOc1ccc2c(CC)c(OCCCCCCl)ccc2c1. The van der Waals surface area contributed by atoms with E-state index in [1.165, 1.54) is 16.3 Å². The summed E-state index contributed by atoms with van der Waals surface area (Å²) in [6.45, 7) is 5.62. The molecule has 0 atom stereocenters. The highest BCUT2D eigenvalue weighted by atomic mass is 35.5. The molecule has 3 heteroatoms. The van der Waals surface area contributed by atoms with Crippen molar-refractivity contribution in [1.29, 1.82) is 0 Å². The molecule has 0 bridgehead atoms. The van der Waals surface area contributed by atoms with Gasteiger partial charge in [0.1, 0.15) is 11.5 Å². The van der Waals surface area contributed by atoms with Crippen LogP contribution in [0.2, 0.25) is 0 Å². The fraction of sp³-hybridized carbons (Fsp3) is 0.474. The van der Waals surface area contributed by atoms with E-state index < -0.39 is 0 Å². The highest BCUT2D eigenvalue weighted by Gasteiger charge is 2.08. The lowest BCUT2D eigenvalue weighted by atomic mass is 10.0. The molecule has 120 valence electrons. The van der Waals surface area contributed by atoms with Crippen LogP contribution in [-0.2, 0) is 6.42 Å². The topological polar surface area (TPSA) is 18.5 Å². The van der Waals surface area contributed by atoms with Crippen molar-refractivity contribution >= 4 is 22.4 Å². The Morgan fingerprint density at radius 3 is 2.55 bits per heavy atom. The number of aryl methyl sites for hydroxylation is 1. The summed E-state index contributed by atoms with van der Waals surface area (Å²) >= 11 is 5.69. The first-order valence-electron chi connectivity index (χ1n) is 8.17. The minimum atomic E-state index is 0.690. The summed E-state index contributed by atoms with van der Waals surface area (Å²) in [5, 5.41) is 2.46.